The fourth-order valence-corrected chi connectivity index (χ4v) is 7.58. The average molecular weight is 585 g/mol. The molecule has 3 atom stereocenters. The molecule has 228 valence electrons. The van der Waals surface area contributed by atoms with Gasteiger partial charge in [0.05, 0.1) is 5.92 Å². The molecule has 2 aromatic carbocycles. The Morgan fingerprint density at radius 2 is 1.79 bits per heavy atom. The van der Waals surface area contributed by atoms with Crippen LogP contribution in [0.1, 0.15) is 54.7 Å². The average Bonchev–Trinajstić information content (AvgIpc) is 3.59. The lowest BCUT2D eigenvalue weighted by atomic mass is 9.73. The fourth-order valence-electron chi connectivity index (χ4n) is 7.58. The van der Waals surface area contributed by atoms with Gasteiger partial charge in [-0.1, -0.05) is 42.5 Å². The van der Waals surface area contributed by atoms with Gasteiger partial charge in [0, 0.05) is 75.8 Å². The van der Waals surface area contributed by atoms with E-state index in [1.807, 2.05) is 56.5 Å². The Bertz CT molecular complexity index is 1480. The highest BCUT2D eigenvalue weighted by Crippen LogP contribution is 2.52. The summed E-state index contributed by atoms with van der Waals surface area (Å²) in [4.78, 5) is 49.5. The number of urea groups is 1. The van der Waals surface area contributed by atoms with Crippen molar-refractivity contribution in [1.29, 1.82) is 0 Å². The summed E-state index contributed by atoms with van der Waals surface area (Å²) in [6.45, 7) is 2.92. The number of fused-ring (bicyclic) bond motifs is 3. The molecule has 2 saturated heterocycles. The van der Waals surface area contributed by atoms with Crippen molar-refractivity contribution >= 4 is 28.7 Å². The van der Waals surface area contributed by atoms with Crippen LogP contribution in [-0.2, 0) is 21.4 Å². The third-order valence-corrected chi connectivity index (χ3v) is 10.1. The first-order valence-corrected chi connectivity index (χ1v) is 15.7. The molecule has 43 heavy (non-hydrogen) atoms. The van der Waals surface area contributed by atoms with E-state index in [1.165, 1.54) is 5.56 Å². The number of carbonyl (C=O) groups excluding carboxylic acids is 3. The third-order valence-electron chi connectivity index (χ3n) is 10.1. The van der Waals surface area contributed by atoms with Crippen LogP contribution in [0, 0.1) is 0 Å². The largest absolute Gasteiger partial charge is 0.361 e. The molecule has 3 aliphatic rings. The molecule has 0 radical (unpaired) electrons. The maximum Gasteiger partial charge on any atom is 0.318 e. The number of H-pyrrole nitrogens is 1. The standard InChI is InChI=1S/C34H44N6O3/c1-38(2)31(41)27-20-34(28-12-6-4-11-26(27)28)14-17-40(18-15-34)32(42)30(19-23-21-36-29-13-7-5-10-25(23)29)37-33(43)39(3)24-9-8-16-35-22-24/h4-7,10-13,21,24,27,30,35-36H,8-9,14-20,22H2,1-3H3,(H,37,43). The number of benzene rings is 2. The number of rotatable bonds is 6. The second kappa shape index (κ2) is 12.0. The summed E-state index contributed by atoms with van der Waals surface area (Å²) < 4.78 is 0. The number of likely N-dealkylation sites (tertiary alicyclic amines) is 1. The molecule has 1 spiro atoms. The maximum absolute atomic E-state index is 14.2. The van der Waals surface area contributed by atoms with E-state index >= 15 is 0 Å². The number of likely N-dealkylation sites (N-methyl/N-ethyl adjacent to an activating group) is 2. The number of amides is 4. The van der Waals surface area contributed by atoms with Crippen LogP contribution in [0.15, 0.2) is 54.7 Å². The molecule has 1 aliphatic carbocycles. The van der Waals surface area contributed by atoms with Gasteiger partial charge in [-0.15, -0.1) is 0 Å². The van der Waals surface area contributed by atoms with Crippen LogP contribution in [0.5, 0.6) is 0 Å². The highest BCUT2D eigenvalue weighted by molar-refractivity contribution is 5.90. The van der Waals surface area contributed by atoms with E-state index < -0.39 is 6.04 Å². The molecule has 6 rings (SSSR count). The van der Waals surface area contributed by atoms with Crippen LogP contribution < -0.4 is 10.6 Å². The number of carbonyl (C=O) groups is 3. The number of para-hydroxylation sites is 1. The van der Waals surface area contributed by atoms with Crippen molar-refractivity contribution in [2.45, 2.75) is 61.9 Å². The minimum atomic E-state index is -0.682. The molecule has 4 amide bonds. The van der Waals surface area contributed by atoms with E-state index in [9.17, 15) is 14.4 Å². The Morgan fingerprint density at radius 3 is 2.53 bits per heavy atom. The number of piperidine rings is 2. The van der Waals surface area contributed by atoms with Gasteiger partial charge in [0.1, 0.15) is 6.04 Å². The zero-order chi connectivity index (χ0) is 30.1. The van der Waals surface area contributed by atoms with Crippen LogP contribution in [0.2, 0.25) is 0 Å². The van der Waals surface area contributed by atoms with Crippen molar-refractivity contribution in [2.75, 3.05) is 47.3 Å². The van der Waals surface area contributed by atoms with Crippen LogP contribution >= 0.6 is 0 Å². The first-order valence-electron chi connectivity index (χ1n) is 15.7. The number of aromatic nitrogens is 1. The highest BCUT2D eigenvalue weighted by Gasteiger charge is 2.48. The molecule has 2 aliphatic heterocycles. The van der Waals surface area contributed by atoms with Gasteiger partial charge in [0.15, 0.2) is 0 Å². The second-order valence-corrected chi connectivity index (χ2v) is 12.9. The number of aromatic amines is 1. The van der Waals surface area contributed by atoms with Crippen molar-refractivity contribution in [3.05, 3.63) is 71.4 Å². The van der Waals surface area contributed by atoms with Crippen LogP contribution in [0.4, 0.5) is 4.79 Å². The third kappa shape index (κ3) is 5.62. The van der Waals surface area contributed by atoms with Gasteiger partial charge < -0.3 is 30.3 Å². The molecule has 2 fully saturated rings. The van der Waals surface area contributed by atoms with E-state index in [1.54, 1.807) is 9.80 Å². The smallest absolute Gasteiger partial charge is 0.318 e. The quantitative estimate of drug-likeness (QED) is 0.412. The summed E-state index contributed by atoms with van der Waals surface area (Å²) in [5, 5.41) is 7.57. The van der Waals surface area contributed by atoms with Gasteiger partial charge in [0.25, 0.3) is 0 Å². The van der Waals surface area contributed by atoms with Crippen LogP contribution in [-0.4, -0.2) is 96.9 Å². The zero-order valence-electron chi connectivity index (χ0n) is 25.6. The van der Waals surface area contributed by atoms with E-state index in [-0.39, 0.29) is 35.2 Å². The number of nitrogens with one attached hydrogen (secondary N) is 3. The molecule has 3 heterocycles. The predicted octanol–water partition coefficient (Wildman–Crippen LogP) is 3.61. The van der Waals surface area contributed by atoms with Gasteiger partial charge in [-0.3, -0.25) is 9.59 Å². The second-order valence-electron chi connectivity index (χ2n) is 12.9. The Morgan fingerprint density at radius 1 is 1.05 bits per heavy atom. The van der Waals surface area contributed by atoms with Crippen molar-refractivity contribution in [1.82, 2.24) is 30.3 Å². The molecule has 0 bridgehead atoms. The Balaban J connectivity index is 1.21. The van der Waals surface area contributed by atoms with Crippen molar-refractivity contribution in [2.24, 2.45) is 0 Å². The molecule has 3 unspecified atom stereocenters. The summed E-state index contributed by atoms with van der Waals surface area (Å²) in [5.74, 6) is -0.0513. The molecule has 9 nitrogen and oxygen atoms in total. The van der Waals surface area contributed by atoms with E-state index in [2.05, 4.69) is 39.9 Å². The molecule has 3 N–H and O–H groups in total. The lowest BCUT2D eigenvalue weighted by Gasteiger charge is -2.41. The van der Waals surface area contributed by atoms with E-state index in [4.69, 9.17) is 0 Å². The topological polar surface area (TPSA) is 101 Å². The zero-order valence-corrected chi connectivity index (χ0v) is 25.6. The Hall–Kier alpha value is -3.85. The van der Waals surface area contributed by atoms with Gasteiger partial charge in [0.2, 0.25) is 11.8 Å². The summed E-state index contributed by atoms with van der Waals surface area (Å²) >= 11 is 0. The molecular weight excluding hydrogens is 540 g/mol. The monoisotopic (exact) mass is 584 g/mol. The molecular formula is C34H44N6O3. The molecule has 0 saturated carbocycles. The minimum Gasteiger partial charge on any atom is -0.361 e. The van der Waals surface area contributed by atoms with E-state index in [0.29, 0.717) is 19.5 Å². The van der Waals surface area contributed by atoms with Crippen molar-refractivity contribution in [3.8, 4) is 0 Å². The summed E-state index contributed by atoms with van der Waals surface area (Å²) in [6, 6.07) is 15.6. The van der Waals surface area contributed by atoms with Gasteiger partial charge >= 0.3 is 6.03 Å². The number of nitrogens with zero attached hydrogens (tertiary/aromatic N) is 3. The molecule has 9 heteroatoms. The van der Waals surface area contributed by atoms with Crippen LogP contribution in [0.3, 0.4) is 0 Å². The minimum absolute atomic E-state index is 0.0455. The fraction of sp³-hybridized carbons (Fsp3) is 0.500. The predicted molar refractivity (Wildman–Crippen MR) is 168 cm³/mol. The van der Waals surface area contributed by atoms with Gasteiger partial charge in [-0.25, -0.2) is 4.79 Å². The first-order chi connectivity index (χ1) is 20.8. The highest BCUT2D eigenvalue weighted by atomic mass is 16.2. The number of hydrogen-bond donors (Lipinski definition) is 3. The SMILES string of the molecule is CN(C)C(=O)C1CC2(CCN(C(=O)C(Cc3c[nH]c4ccccc34)NC(=O)N(C)C3CCCNC3)CC2)c2ccccc21. The first kappa shape index (κ1) is 29.2. The summed E-state index contributed by atoms with van der Waals surface area (Å²) in [7, 11) is 5.47. The normalized spacial score (nSPS) is 21.8. The van der Waals surface area contributed by atoms with Gasteiger partial charge in [-0.05, 0) is 61.4 Å². The maximum atomic E-state index is 14.2. The molecule has 3 aromatic rings. The lowest BCUT2D eigenvalue weighted by molar-refractivity contribution is -0.135. The Labute approximate surface area is 254 Å². The lowest BCUT2D eigenvalue weighted by Crippen LogP contribution is -2.57. The Kier molecular flexibility index (Phi) is 8.18. The van der Waals surface area contributed by atoms with Crippen LogP contribution in [0.25, 0.3) is 10.9 Å². The van der Waals surface area contributed by atoms with Crippen molar-refractivity contribution < 1.29 is 14.4 Å². The summed E-state index contributed by atoms with van der Waals surface area (Å²) in [6.07, 6.45) is 6.72. The van der Waals surface area contributed by atoms with Gasteiger partial charge in [-0.2, -0.15) is 0 Å². The molecule has 1 aromatic heterocycles. The van der Waals surface area contributed by atoms with E-state index in [0.717, 1.165) is 67.2 Å². The van der Waals surface area contributed by atoms with Crippen molar-refractivity contribution in [3.63, 3.8) is 0 Å². The number of hydrogen-bond acceptors (Lipinski definition) is 4. The summed E-state index contributed by atoms with van der Waals surface area (Å²) in [5.41, 5.74) is 4.30.